The van der Waals surface area contributed by atoms with Crippen LogP contribution in [0.25, 0.3) is 17.0 Å². The number of thiocarbonyl (C=S) groups is 1. The molecule has 35 heavy (non-hydrogen) atoms. The van der Waals surface area contributed by atoms with E-state index in [-0.39, 0.29) is 6.04 Å². The van der Waals surface area contributed by atoms with Crippen LogP contribution in [-0.2, 0) is 6.42 Å². The van der Waals surface area contributed by atoms with Gasteiger partial charge in [-0.05, 0) is 67.2 Å². The zero-order valence-corrected chi connectivity index (χ0v) is 21.5. The molecule has 1 aliphatic heterocycles. The maximum atomic E-state index is 5.87. The molecule has 0 aliphatic carbocycles. The molecule has 1 aromatic heterocycles. The summed E-state index contributed by atoms with van der Waals surface area (Å²) in [6.07, 6.45) is 3.06. The van der Waals surface area contributed by atoms with E-state index in [1.54, 1.807) is 11.8 Å². The lowest BCUT2D eigenvalue weighted by Gasteiger charge is -2.37. The summed E-state index contributed by atoms with van der Waals surface area (Å²) in [7, 11) is 0. The lowest BCUT2D eigenvalue weighted by Crippen LogP contribution is -2.46. The van der Waals surface area contributed by atoms with Gasteiger partial charge >= 0.3 is 0 Å². The molecule has 1 atom stereocenters. The second kappa shape index (κ2) is 10.1. The number of aryl methyl sites for hydroxylation is 1. The van der Waals surface area contributed by atoms with Crippen LogP contribution in [0.4, 0.5) is 5.69 Å². The Morgan fingerprint density at radius 2 is 1.71 bits per heavy atom. The summed E-state index contributed by atoms with van der Waals surface area (Å²) in [5, 5.41) is 8.46. The third kappa shape index (κ3) is 4.61. The van der Waals surface area contributed by atoms with E-state index in [4.69, 9.17) is 21.7 Å². The summed E-state index contributed by atoms with van der Waals surface area (Å²) in [5.74, 6) is 1.04. The first-order valence-electron chi connectivity index (χ1n) is 11.5. The summed E-state index contributed by atoms with van der Waals surface area (Å²) in [4.78, 5) is 8.04. The lowest BCUT2D eigenvalue weighted by atomic mass is 9.94. The maximum absolute atomic E-state index is 5.87. The molecule has 0 fully saturated rings. The van der Waals surface area contributed by atoms with Gasteiger partial charge in [-0.2, -0.15) is 4.98 Å². The molecule has 2 heterocycles. The highest BCUT2D eigenvalue weighted by Crippen LogP contribution is 2.39. The highest BCUT2D eigenvalue weighted by molar-refractivity contribution is 7.98. The second-order valence-electron chi connectivity index (χ2n) is 8.30. The van der Waals surface area contributed by atoms with E-state index in [0.29, 0.717) is 16.8 Å². The van der Waals surface area contributed by atoms with Gasteiger partial charge in [0.25, 0.3) is 5.89 Å². The number of allylic oxidation sites excluding steroid dienone is 1. The molecule has 5 nitrogen and oxygen atoms in total. The van der Waals surface area contributed by atoms with Crippen molar-refractivity contribution in [2.24, 2.45) is 0 Å². The fourth-order valence-electron chi connectivity index (χ4n) is 4.30. The van der Waals surface area contributed by atoms with Gasteiger partial charge in [0.1, 0.15) is 0 Å². The molecule has 1 unspecified atom stereocenters. The monoisotopic (exact) mass is 498 g/mol. The highest BCUT2D eigenvalue weighted by atomic mass is 32.2. The fourth-order valence-corrected chi connectivity index (χ4v) is 5.06. The number of hydrogen-bond donors (Lipinski definition) is 1. The van der Waals surface area contributed by atoms with Gasteiger partial charge in [-0.25, -0.2) is 0 Å². The number of nitrogens with one attached hydrogen (secondary N) is 1. The fraction of sp³-hybridized carbons (Fsp3) is 0.179. The van der Waals surface area contributed by atoms with E-state index in [9.17, 15) is 0 Å². The van der Waals surface area contributed by atoms with Gasteiger partial charge in [0.2, 0.25) is 5.82 Å². The Balaban J connectivity index is 1.63. The van der Waals surface area contributed by atoms with Gasteiger partial charge in [0.15, 0.2) is 5.11 Å². The number of rotatable bonds is 6. The number of thioether (sulfide) groups is 1. The van der Waals surface area contributed by atoms with Crippen molar-refractivity contribution in [3.05, 3.63) is 102 Å². The van der Waals surface area contributed by atoms with E-state index in [1.807, 2.05) is 35.2 Å². The van der Waals surface area contributed by atoms with Crippen molar-refractivity contribution in [2.45, 2.75) is 31.2 Å². The van der Waals surface area contributed by atoms with E-state index in [1.165, 1.54) is 10.5 Å². The highest BCUT2D eigenvalue weighted by Gasteiger charge is 2.34. The predicted octanol–water partition coefficient (Wildman–Crippen LogP) is 6.89. The first kappa shape index (κ1) is 23.3. The van der Waals surface area contributed by atoms with Gasteiger partial charge in [0, 0.05) is 21.8 Å². The second-order valence-corrected chi connectivity index (χ2v) is 9.57. The number of anilines is 1. The molecule has 5 rings (SSSR count). The van der Waals surface area contributed by atoms with Crippen molar-refractivity contribution in [1.29, 1.82) is 0 Å². The molecule has 0 amide bonds. The van der Waals surface area contributed by atoms with Crippen LogP contribution in [0.3, 0.4) is 0 Å². The van der Waals surface area contributed by atoms with Crippen LogP contribution >= 0.6 is 24.0 Å². The van der Waals surface area contributed by atoms with Crippen LogP contribution in [0, 0.1) is 0 Å². The van der Waals surface area contributed by atoms with Gasteiger partial charge in [-0.1, -0.05) is 66.7 Å². The molecule has 176 valence electrons. The molecule has 0 saturated heterocycles. The van der Waals surface area contributed by atoms with Crippen molar-refractivity contribution < 1.29 is 4.52 Å². The molecule has 0 bridgehead atoms. The molecule has 3 aromatic carbocycles. The van der Waals surface area contributed by atoms with Crippen LogP contribution in [0.2, 0.25) is 0 Å². The third-order valence-electron chi connectivity index (χ3n) is 6.23. The normalized spacial score (nSPS) is 15.9. The number of benzene rings is 3. The minimum absolute atomic E-state index is 0.214. The van der Waals surface area contributed by atoms with Crippen molar-refractivity contribution in [2.75, 3.05) is 11.2 Å². The van der Waals surface area contributed by atoms with E-state index in [0.717, 1.165) is 34.5 Å². The van der Waals surface area contributed by atoms with Crippen molar-refractivity contribution in [1.82, 2.24) is 15.5 Å². The summed E-state index contributed by atoms with van der Waals surface area (Å²) in [6, 6.07) is 26.6. The zero-order chi connectivity index (χ0) is 24.4. The first-order chi connectivity index (χ1) is 17.1. The number of aromatic nitrogens is 2. The zero-order valence-electron chi connectivity index (χ0n) is 19.9. The van der Waals surface area contributed by atoms with Gasteiger partial charge in [-0.15, -0.1) is 11.8 Å². The topological polar surface area (TPSA) is 54.2 Å². The van der Waals surface area contributed by atoms with Crippen molar-refractivity contribution in [3.8, 4) is 11.4 Å². The van der Waals surface area contributed by atoms with Gasteiger partial charge in [0.05, 0.1) is 11.6 Å². The average Bonchev–Trinajstić information content (AvgIpc) is 3.39. The van der Waals surface area contributed by atoms with Crippen LogP contribution in [0.1, 0.15) is 36.9 Å². The summed E-state index contributed by atoms with van der Waals surface area (Å²) >= 11 is 7.58. The van der Waals surface area contributed by atoms with E-state index < -0.39 is 0 Å². The molecule has 0 saturated carbocycles. The Kier molecular flexibility index (Phi) is 6.70. The molecule has 1 N–H and O–H groups in total. The summed E-state index contributed by atoms with van der Waals surface area (Å²) < 4.78 is 5.85. The SMILES string of the molecule is CCc1ccc(N2C(=S)NC(c3ccc(SC)cc3)C(c3nc(-c4ccccc4)no3)=C2C)cc1. The molecule has 7 heteroatoms. The Labute approximate surface area is 215 Å². The van der Waals surface area contributed by atoms with Gasteiger partial charge < -0.3 is 9.84 Å². The first-order valence-corrected chi connectivity index (χ1v) is 13.2. The Hall–Kier alpha value is -3.42. The minimum Gasteiger partial charge on any atom is -0.351 e. The van der Waals surface area contributed by atoms with Crippen LogP contribution < -0.4 is 10.2 Å². The molecular weight excluding hydrogens is 472 g/mol. The summed E-state index contributed by atoms with van der Waals surface area (Å²) in [5.41, 5.74) is 6.13. The predicted molar refractivity (Wildman–Crippen MR) is 147 cm³/mol. The van der Waals surface area contributed by atoms with Crippen LogP contribution in [-0.4, -0.2) is 21.5 Å². The lowest BCUT2D eigenvalue weighted by molar-refractivity contribution is 0.404. The van der Waals surface area contributed by atoms with Crippen molar-refractivity contribution >= 4 is 40.4 Å². The Bertz CT molecular complexity index is 1360. The van der Waals surface area contributed by atoms with E-state index in [2.05, 4.69) is 79.1 Å². The molecule has 4 aromatic rings. The minimum atomic E-state index is -0.214. The average molecular weight is 499 g/mol. The summed E-state index contributed by atoms with van der Waals surface area (Å²) in [6.45, 7) is 4.21. The third-order valence-corrected chi connectivity index (χ3v) is 7.27. The molecule has 0 radical (unpaired) electrons. The quantitative estimate of drug-likeness (QED) is 0.229. The Morgan fingerprint density at radius 1 is 1.00 bits per heavy atom. The molecule has 0 spiro atoms. The number of nitrogens with zero attached hydrogens (tertiary/aromatic N) is 3. The van der Waals surface area contributed by atoms with Crippen molar-refractivity contribution in [3.63, 3.8) is 0 Å². The van der Waals surface area contributed by atoms with Gasteiger partial charge in [-0.3, -0.25) is 4.90 Å². The number of hydrogen-bond acceptors (Lipinski definition) is 5. The van der Waals surface area contributed by atoms with Crippen LogP contribution in [0.15, 0.2) is 94.0 Å². The van der Waals surface area contributed by atoms with Crippen LogP contribution in [0.5, 0.6) is 0 Å². The molecular formula is C28H26N4OS2. The van der Waals surface area contributed by atoms with E-state index >= 15 is 0 Å². The molecule has 1 aliphatic rings. The standard InChI is InChI=1S/C28H26N4OS2/c1-4-19-10-14-22(15-11-19)32-18(2)24(27-30-26(31-33-27)21-8-6-5-7-9-21)25(29-28(32)34)20-12-16-23(35-3)17-13-20/h5-17,25H,4H2,1-3H3,(H,29,34). The smallest absolute Gasteiger partial charge is 0.258 e. The Morgan fingerprint density at radius 3 is 2.37 bits per heavy atom. The maximum Gasteiger partial charge on any atom is 0.258 e. The largest absolute Gasteiger partial charge is 0.351 e.